The molecule has 34 heavy (non-hydrogen) atoms. The van der Waals surface area contributed by atoms with E-state index >= 15 is 0 Å². The number of fused-ring (bicyclic) bond motifs is 2. The fraction of sp³-hybridized carbons (Fsp3) is 0.423. The van der Waals surface area contributed by atoms with Gasteiger partial charge in [0.1, 0.15) is 0 Å². The molecule has 178 valence electrons. The molecule has 1 N–H and O–H groups in total. The van der Waals surface area contributed by atoms with E-state index in [-0.39, 0.29) is 29.6 Å². The van der Waals surface area contributed by atoms with Crippen molar-refractivity contribution >= 4 is 40.8 Å². The Morgan fingerprint density at radius 3 is 2.56 bits per heavy atom. The molecule has 0 saturated carbocycles. The molecule has 1 unspecified atom stereocenters. The lowest BCUT2D eigenvalue weighted by atomic mass is 9.73. The molecule has 2 aromatic rings. The monoisotopic (exact) mass is 499 g/mol. The van der Waals surface area contributed by atoms with Crippen LogP contribution in [0, 0.1) is 0 Å². The Bertz CT molecular complexity index is 1140. The summed E-state index contributed by atoms with van der Waals surface area (Å²) in [5.74, 6) is -0.167. The molecule has 2 aliphatic heterocycles. The first-order valence-electron chi connectivity index (χ1n) is 11.7. The molecular weight excluding hydrogens is 473 g/mol. The van der Waals surface area contributed by atoms with Crippen molar-refractivity contribution in [3.05, 3.63) is 69.2 Å². The molecule has 0 bridgehead atoms. The van der Waals surface area contributed by atoms with Crippen LogP contribution in [0.25, 0.3) is 0 Å². The van der Waals surface area contributed by atoms with Gasteiger partial charge in [-0.05, 0) is 56.1 Å². The van der Waals surface area contributed by atoms with Crippen molar-refractivity contribution in [1.82, 2.24) is 15.1 Å². The van der Waals surface area contributed by atoms with Crippen LogP contribution < -0.4 is 5.32 Å². The van der Waals surface area contributed by atoms with Crippen LogP contribution in [0.2, 0.25) is 10.0 Å². The maximum atomic E-state index is 12.7. The number of benzene rings is 2. The van der Waals surface area contributed by atoms with Gasteiger partial charge in [-0.15, -0.1) is 0 Å². The van der Waals surface area contributed by atoms with E-state index in [1.54, 1.807) is 12.1 Å². The van der Waals surface area contributed by atoms with E-state index in [2.05, 4.69) is 16.3 Å². The minimum atomic E-state index is -0.351. The van der Waals surface area contributed by atoms with Gasteiger partial charge >= 0.3 is 0 Å². The summed E-state index contributed by atoms with van der Waals surface area (Å²) in [5.41, 5.74) is 2.47. The molecule has 2 aromatic carbocycles. The fourth-order valence-corrected chi connectivity index (χ4v) is 6.02. The molecule has 8 heteroatoms. The standard InChI is InChI=1S/C26H27Cl2N3O3/c27-21-6-5-17(13-22(21)28)25(34)29-15-24(33)31-10-7-18(16-31)30-11-8-26(9-12-30)14-23(32)19-3-1-2-4-20(19)26/h1-6,13,18H,7-12,14-16H2,(H,29,34). The van der Waals surface area contributed by atoms with Gasteiger partial charge in [-0.2, -0.15) is 0 Å². The Morgan fingerprint density at radius 2 is 1.79 bits per heavy atom. The van der Waals surface area contributed by atoms with Crippen molar-refractivity contribution < 1.29 is 14.4 Å². The second-order valence-electron chi connectivity index (χ2n) is 9.56. The SMILES string of the molecule is O=C(NCC(=O)N1CCC(N2CCC3(CC2)CC(=O)c2ccccc23)C1)c1ccc(Cl)c(Cl)c1. The Labute approximate surface area is 209 Å². The van der Waals surface area contributed by atoms with E-state index in [1.807, 2.05) is 23.1 Å². The van der Waals surface area contributed by atoms with E-state index < -0.39 is 0 Å². The summed E-state index contributed by atoms with van der Waals surface area (Å²) >= 11 is 11.9. The average Bonchev–Trinajstić information content (AvgIpc) is 3.44. The van der Waals surface area contributed by atoms with Crippen molar-refractivity contribution in [3.63, 3.8) is 0 Å². The van der Waals surface area contributed by atoms with Gasteiger partial charge in [0.05, 0.1) is 16.6 Å². The summed E-state index contributed by atoms with van der Waals surface area (Å²) in [5, 5.41) is 3.37. The topological polar surface area (TPSA) is 69.7 Å². The number of hydrogen-bond donors (Lipinski definition) is 1. The highest BCUT2D eigenvalue weighted by Gasteiger charge is 2.46. The number of rotatable bonds is 4. The van der Waals surface area contributed by atoms with E-state index in [4.69, 9.17) is 23.2 Å². The number of nitrogens with zero attached hydrogens (tertiary/aromatic N) is 2. The molecule has 1 spiro atoms. The highest BCUT2D eigenvalue weighted by Crippen LogP contribution is 2.46. The zero-order chi connectivity index (χ0) is 23.9. The zero-order valence-corrected chi connectivity index (χ0v) is 20.4. The molecular formula is C26H27Cl2N3O3. The number of nitrogens with one attached hydrogen (secondary N) is 1. The van der Waals surface area contributed by atoms with Crippen LogP contribution in [0.15, 0.2) is 42.5 Å². The third-order valence-electron chi connectivity index (χ3n) is 7.67. The minimum absolute atomic E-state index is 0.0207. The van der Waals surface area contributed by atoms with E-state index in [0.717, 1.165) is 37.9 Å². The molecule has 2 fully saturated rings. The second kappa shape index (κ2) is 9.33. The lowest BCUT2D eigenvalue weighted by molar-refractivity contribution is -0.129. The molecule has 2 saturated heterocycles. The molecule has 6 nitrogen and oxygen atoms in total. The number of ketones is 1. The van der Waals surface area contributed by atoms with Crippen molar-refractivity contribution in [1.29, 1.82) is 0 Å². The van der Waals surface area contributed by atoms with Gasteiger partial charge in [0, 0.05) is 42.1 Å². The molecule has 0 radical (unpaired) electrons. The number of hydrogen-bond acceptors (Lipinski definition) is 4. The predicted octanol–water partition coefficient (Wildman–Crippen LogP) is 3.94. The Morgan fingerprint density at radius 1 is 1.03 bits per heavy atom. The number of carbonyl (C=O) groups is 3. The molecule has 3 aliphatic rings. The average molecular weight is 500 g/mol. The first kappa shape index (κ1) is 23.3. The maximum Gasteiger partial charge on any atom is 0.251 e. The summed E-state index contributed by atoms with van der Waals surface area (Å²) in [6.45, 7) is 3.18. The Hall–Kier alpha value is -2.41. The van der Waals surface area contributed by atoms with Crippen molar-refractivity contribution in [2.45, 2.75) is 37.1 Å². The van der Waals surface area contributed by atoms with Crippen LogP contribution in [-0.4, -0.2) is 66.2 Å². The predicted molar refractivity (Wildman–Crippen MR) is 132 cm³/mol. The number of Topliss-reactive ketones (excluding diaryl/α,β-unsaturated/α-hetero) is 1. The molecule has 0 aromatic heterocycles. The van der Waals surface area contributed by atoms with E-state index in [9.17, 15) is 14.4 Å². The van der Waals surface area contributed by atoms with Gasteiger partial charge in [0.15, 0.2) is 5.78 Å². The molecule has 1 atom stereocenters. The number of amides is 2. The third kappa shape index (κ3) is 4.35. The normalized spacial score (nSPS) is 21.6. The van der Waals surface area contributed by atoms with Gasteiger partial charge in [0.25, 0.3) is 5.91 Å². The van der Waals surface area contributed by atoms with E-state index in [0.29, 0.717) is 41.2 Å². The summed E-state index contributed by atoms with van der Waals surface area (Å²) < 4.78 is 0. The number of carbonyl (C=O) groups excluding carboxylic acids is 3. The quantitative estimate of drug-likeness (QED) is 0.691. The molecule has 2 amide bonds. The maximum absolute atomic E-state index is 12.7. The highest BCUT2D eigenvalue weighted by molar-refractivity contribution is 6.42. The van der Waals surface area contributed by atoms with Crippen LogP contribution in [0.1, 0.15) is 52.0 Å². The fourth-order valence-electron chi connectivity index (χ4n) is 5.72. The first-order chi connectivity index (χ1) is 16.4. The van der Waals surface area contributed by atoms with Crippen LogP contribution in [-0.2, 0) is 10.2 Å². The van der Waals surface area contributed by atoms with Gasteiger partial charge in [0.2, 0.25) is 5.91 Å². The van der Waals surface area contributed by atoms with Gasteiger partial charge in [-0.3, -0.25) is 19.3 Å². The largest absolute Gasteiger partial charge is 0.343 e. The number of likely N-dealkylation sites (tertiary alicyclic amines) is 2. The summed E-state index contributed by atoms with van der Waals surface area (Å²) in [4.78, 5) is 41.9. The zero-order valence-electron chi connectivity index (χ0n) is 18.9. The smallest absolute Gasteiger partial charge is 0.251 e. The van der Waals surface area contributed by atoms with E-state index in [1.165, 1.54) is 11.6 Å². The minimum Gasteiger partial charge on any atom is -0.343 e. The van der Waals surface area contributed by atoms with Crippen molar-refractivity contribution in [2.24, 2.45) is 0 Å². The van der Waals surface area contributed by atoms with Crippen molar-refractivity contribution in [3.8, 4) is 0 Å². The van der Waals surface area contributed by atoms with Gasteiger partial charge < -0.3 is 10.2 Å². The molecule has 1 aliphatic carbocycles. The number of piperidine rings is 1. The highest BCUT2D eigenvalue weighted by atomic mass is 35.5. The summed E-state index contributed by atoms with van der Waals surface area (Å²) in [6.07, 6.45) is 3.49. The first-order valence-corrected chi connectivity index (χ1v) is 12.5. The van der Waals surface area contributed by atoms with Crippen LogP contribution >= 0.6 is 23.2 Å². The van der Waals surface area contributed by atoms with Gasteiger partial charge in [-0.1, -0.05) is 47.5 Å². The Balaban J connectivity index is 1.12. The lowest BCUT2D eigenvalue weighted by Crippen LogP contribution is -2.48. The Kier molecular flexibility index (Phi) is 6.40. The number of halogens is 2. The van der Waals surface area contributed by atoms with Crippen LogP contribution in [0.4, 0.5) is 0 Å². The van der Waals surface area contributed by atoms with Crippen molar-refractivity contribution in [2.75, 3.05) is 32.7 Å². The third-order valence-corrected chi connectivity index (χ3v) is 8.41. The summed E-state index contributed by atoms with van der Waals surface area (Å²) in [6, 6.07) is 13.0. The molecule has 5 rings (SSSR count). The second-order valence-corrected chi connectivity index (χ2v) is 10.4. The summed E-state index contributed by atoms with van der Waals surface area (Å²) in [7, 11) is 0. The van der Waals surface area contributed by atoms with Crippen LogP contribution in [0.3, 0.4) is 0 Å². The lowest BCUT2D eigenvalue weighted by Gasteiger charge is -2.42. The van der Waals surface area contributed by atoms with Gasteiger partial charge in [-0.25, -0.2) is 0 Å². The molecule has 2 heterocycles. The van der Waals surface area contributed by atoms with Crippen LogP contribution in [0.5, 0.6) is 0 Å².